The van der Waals surface area contributed by atoms with Gasteiger partial charge in [0.1, 0.15) is 37.0 Å². The quantitative estimate of drug-likeness (QED) is 0.254. The summed E-state index contributed by atoms with van der Waals surface area (Å²) in [7, 11) is 5.03. The number of halogens is 1. The molecule has 3 N–H and O–H groups in total. The molecule has 3 aromatic rings. The summed E-state index contributed by atoms with van der Waals surface area (Å²) in [5, 5.41) is 38.9. The van der Waals surface area contributed by atoms with E-state index in [2.05, 4.69) is 16.9 Å². The number of aliphatic carboxylic acids is 1. The van der Waals surface area contributed by atoms with Crippen molar-refractivity contribution in [2.75, 3.05) is 52.2 Å². The first-order valence-corrected chi connectivity index (χ1v) is 17.6. The zero-order valence-electron chi connectivity index (χ0n) is 30.2. The van der Waals surface area contributed by atoms with E-state index in [0.29, 0.717) is 35.5 Å². The summed E-state index contributed by atoms with van der Waals surface area (Å²) in [6.45, 7) is 3.34. The Morgan fingerprint density at radius 3 is 2.56 bits per heavy atom. The molecule has 5 rings (SSSR count). The fourth-order valence-electron chi connectivity index (χ4n) is 6.41. The van der Waals surface area contributed by atoms with E-state index in [1.165, 1.54) is 39.9 Å². The van der Waals surface area contributed by atoms with Crippen LogP contribution in [0.2, 0.25) is 5.02 Å². The van der Waals surface area contributed by atoms with Gasteiger partial charge in [-0.1, -0.05) is 24.6 Å². The minimum absolute atomic E-state index is 0.0639. The van der Waals surface area contributed by atoms with Crippen molar-refractivity contribution in [1.29, 1.82) is 5.26 Å². The molecule has 3 amide bonds. The van der Waals surface area contributed by atoms with Gasteiger partial charge in [0.25, 0.3) is 0 Å². The van der Waals surface area contributed by atoms with Crippen LogP contribution >= 0.6 is 11.6 Å². The lowest BCUT2D eigenvalue weighted by molar-refractivity contribution is -0.228. The van der Waals surface area contributed by atoms with Gasteiger partial charge in [-0.05, 0) is 36.1 Å². The van der Waals surface area contributed by atoms with Crippen molar-refractivity contribution in [3.05, 3.63) is 47.4 Å². The number of nitrogens with zero attached hydrogens (tertiary/aromatic N) is 8. The largest absolute Gasteiger partial charge is 0.479 e. The van der Waals surface area contributed by atoms with Crippen molar-refractivity contribution in [1.82, 2.24) is 29.2 Å². The maximum Gasteiger partial charge on any atom is 0.409 e. The van der Waals surface area contributed by atoms with Crippen molar-refractivity contribution in [2.24, 2.45) is 5.92 Å². The van der Waals surface area contributed by atoms with Gasteiger partial charge in [0, 0.05) is 59.9 Å². The number of anilines is 1. The van der Waals surface area contributed by atoms with Crippen LogP contribution in [0.5, 0.6) is 5.75 Å². The first-order chi connectivity index (χ1) is 25.7. The zero-order valence-corrected chi connectivity index (χ0v) is 31.0. The molecule has 4 heterocycles. The number of fused-ring (bicyclic) bond motifs is 1. The zero-order chi connectivity index (χ0) is 39.3. The molecule has 0 saturated carbocycles. The van der Waals surface area contributed by atoms with Crippen molar-refractivity contribution in [3.8, 4) is 11.8 Å². The molecular weight excluding hydrogens is 728 g/mol. The molecule has 19 heteroatoms. The minimum Gasteiger partial charge on any atom is -0.479 e. The predicted octanol–water partition coefficient (Wildman–Crippen LogP) is 2.14. The molecule has 6 atom stereocenters. The molecule has 2 aromatic heterocycles. The fraction of sp³-hybridized carbons (Fsp3) is 0.514. The second-order valence-electron chi connectivity index (χ2n) is 13.4. The van der Waals surface area contributed by atoms with Crippen LogP contribution in [-0.2, 0) is 25.7 Å². The van der Waals surface area contributed by atoms with Gasteiger partial charge in [0.05, 0.1) is 28.6 Å². The third-order valence-corrected chi connectivity index (χ3v) is 10.0. The van der Waals surface area contributed by atoms with E-state index in [9.17, 15) is 34.5 Å². The number of aliphatic hydroxyl groups excluding tert-OH is 2. The number of ether oxygens (including phenoxy) is 3. The molecule has 0 radical (unpaired) electrons. The molecule has 0 bridgehead atoms. The second kappa shape index (κ2) is 17.3. The Bertz CT molecular complexity index is 1900. The second-order valence-corrected chi connectivity index (χ2v) is 13.8. The van der Waals surface area contributed by atoms with Gasteiger partial charge in [-0.3, -0.25) is 9.36 Å². The van der Waals surface area contributed by atoms with Gasteiger partial charge < -0.3 is 49.1 Å². The number of carboxylic acids is 1. The summed E-state index contributed by atoms with van der Waals surface area (Å²) in [5.41, 5.74) is 0.929. The van der Waals surface area contributed by atoms with Crippen molar-refractivity contribution < 1.29 is 48.7 Å². The van der Waals surface area contributed by atoms with Crippen molar-refractivity contribution in [2.45, 2.75) is 63.4 Å². The number of carbonyl (C=O) groups is 4. The maximum absolute atomic E-state index is 13.5. The molecule has 18 nitrogen and oxygen atoms in total. The van der Waals surface area contributed by atoms with Crippen LogP contribution < -0.4 is 9.64 Å². The number of likely N-dealkylation sites (N-methyl/N-ethyl adjacent to an activating group) is 3. The molecule has 2 aliphatic rings. The lowest BCUT2D eigenvalue weighted by Gasteiger charge is -2.42. The average Bonchev–Trinajstić information content (AvgIpc) is 3.59. The number of piperidine rings is 1. The standard InChI is InChI=1S/C35H43ClN8O10/c1-20-8-11-43(27(46)7-10-37)17-24(20)42(4)31-22-9-12-44(32(22)39-19-38-31)34(50)40(2)13-14-41(3)35(51)52-18-21-5-6-26(23(36)15-21)53-28-16-25(45)29(47)30(54-28)33(48)49/h5-6,9,12,15,19-20,24-25,28-30,45,47H,7-8,11,13-14,16-18H2,1-4H3,(H,48,49)/t20-,24+,25-,28-,29+,30+/m1/s1. The number of carboxylic acid groups (broad SMARTS) is 1. The number of hydrogen-bond acceptors (Lipinski definition) is 13. The van der Waals surface area contributed by atoms with Crippen LogP contribution in [0.3, 0.4) is 0 Å². The predicted molar refractivity (Wildman–Crippen MR) is 192 cm³/mol. The van der Waals surface area contributed by atoms with E-state index in [1.807, 2.05) is 18.0 Å². The highest BCUT2D eigenvalue weighted by atomic mass is 35.5. The number of benzene rings is 1. The number of aromatic nitrogens is 3. The van der Waals surface area contributed by atoms with Gasteiger partial charge >= 0.3 is 18.1 Å². The Morgan fingerprint density at radius 1 is 1.11 bits per heavy atom. The SMILES string of the molecule is C[C@@H]1CCN(C(=O)CC#N)C[C@@H]1N(C)c1ncnc2c1ccn2C(=O)N(C)CCN(C)C(=O)OCc1ccc(O[C@H]2C[C@@H](O)[C@H](O)[C@@H](C(=O)O)O2)c(Cl)c1. The summed E-state index contributed by atoms with van der Waals surface area (Å²) < 4.78 is 17.7. The summed E-state index contributed by atoms with van der Waals surface area (Å²) >= 11 is 6.34. The average molecular weight is 771 g/mol. The molecule has 1 aromatic carbocycles. The molecule has 2 fully saturated rings. The highest BCUT2D eigenvalue weighted by Crippen LogP contribution is 2.32. The molecule has 2 aliphatic heterocycles. The van der Waals surface area contributed by atoms with E-state index in [0.717, 1.165) is 6.42 Å². The van der Waals surface area contributed by atoms with E-state index < -0.39 is 36.7 Å². The normalized spacial score (nSPS) is 22.6. The van der Waals surface area contributed by atoms with Crippen LogP contribution in [0.15, 0.2) is 36.8 Å². The van der Waals surface area contributed by atoms with Crippen molar-refractivity contribution >= 4 is 52.5 Å². The Labute approximate surface area is 316 Å². The lowest BCUT2D eigenvalue weighted by Crippen LogP contribution is -2.53. The molecule has 0 aliphatic carbocycles. The fourth-order valence-corrected chi connectivity index (χ4v) is 6.65. The monoisotopic (exact) mass is 770 g/mol. The number of aliphatic hydroxyl groups is 2. The summed E-state index contributed by atoms with van der Waals surface area (Å²) in [6.07, 6.45) is -3.04. The van der Waals surface area contributed by atoms with E-state index >= 15 is 0 Å². The third kappa shape index (κ3) is 8.93. The number of carbonyl (C=O) groups excluding carboxylic acids is 3. The van der Waals surface area contributed by atoms with E-state index in [-0.39, 0.29) is 67.2 Å². The summed E-state index contributed by atoms with van der Waals surface area (Å²) in [6, 6.07) is 7.81. The van der Waals surface area contributed by atoms with Crippen LogP contribution in [0, 0.1) is 17.2 Å². The molecule has 0 spiro atoms. The van der Waals surface area contributed by atoms with E-state index in [1.54, 1.807) is 30.3 Å². The topological polar surface area (TPSA) is 224 Å². The number of nitriles is 1. The Balaban J connectivity index is 1.13. The van der Waals surface area contributed by atoms with Gasteiger partial charge in [-0.2, -0.15) is 5.26 Å². The summed E-state index contributed by atoms with van der Waals surface area (Å²) in [5.74, 6) is -0.657. The first-order valence-electron chi connectivity index (χ1n) is 17.2. The Kier molecular flexibility index (Phi) is 12.8. The molecule has 54 heavy (non-hydrogen) atoms. The third-order valence-electron chi connectivity index (χ3n) is 9.71. The first kappa shape index (κ1) is 40.0. The van der Waals surface area contributed by atoms with Crippen LogP contribution in [-0.4, -0.2) is 147 Å². The maximum atomic E-state index is 13.5. The Morgan fingerprint density at radius 2 is 1.85 bits per heavy atom. The number of likely N-dealkylation sites (tertiary alicyclic amines) is 1. The Hall–Kier alpha value is -5.22. The lowest BCUT2D eigenvalue weighted by atomic mass is 9.92. The van der Waals surface area contributed by atoms with Gasteiger partial charge in [0.15, 0.2) is 11.8 Å². The molecule has 290 valence electrons. The van der Waals surface area contributed by atoms with E-state index in [4.69, 9.17) is 31.1 Å². The smallest absolute Gasteiger partial charge is 0.409 e. The van der Waals surface area contributed by atoms with Gasteiger partial charge in [0.2, 0.25) is 12.2 Å². The van der Waals surface area contributed by atoms with Crippen LogP contribution in [0.1, 0.15) is 31.7 Å². The summed E-state index contributed by atoms with van der Waals surface area (Å²) in [4.78, 5) is 65.5. The van der Waals surface area contributed by atoms with Gasteiger partial charge in [-0.15, -0.1) is 0 Å². The van der Waals surface area contributed by atoms with Gasteiger partial charge in [-0.25, -0.2) is 24.4 Å². The van der Waals surface area contributed by atoms with Crippen molar-refractivity contribution in [3.63, 3.8) is 0 Å². The molecular formula is C35H43ClN8O10. The van der Waals surface area contributed by atoms with Crippen LogP contribution in [0.25, 0.3) is 11.0 Å². The minimum atomic E-state index is -1.67. The number of hydrogen-bond donors (Lipinski definition) is 3. The van der Waals surface area contributed by atoms with Crippen LogP contribution in [0.4, 0.5) is 15.4 Å². The molecule has 0 unspecified atom stereocenters. The molecule has 2 saturated heterocycles. The highest BCUT2D eigenvalue weighted by Gasteiger charge is 2.42. The number of amides is 3. The highest BCUT2D eigenvalue weighted by molar-refractivity contribution is 6.32. The number of rotatable bonds is 11.